The van der Waals surface area contributed by atoms with Crippen LogP contribution in [0.4, 0.5) is 0 Å². The van der Waals surface area contributed by atoms with E-state index in [0.717, 1.165) is 25.7 Å². The molecule has 1 heteroatoms. The molecule has 1 aromatic rings. The molecular formula is C15H19O. The van der Waals surface area contributed by atoms with Crippen LogP contribution < -0.4 is 0 Å². The van der Waals surface area contributed by atoms with Gasteiger partial charge in [0.15, 0.2) is 0 Å². The fraction of sp³-hybridized carbons (Fsp3) is 0.400. The zero-order valence-electron chi connectivity index (χ0n) is 9.60. The van der Waals surface area contributed by atoms with Crippen molar-refractivity contribution in [1.29, 1.82) is 0 Å². The summed E-state index contributed by atoms with van der Waals surface area (Å²) in [7, 11) is 0. The molecule has 1 atom stereocenters. The van der Waals surface area contributed by atoms with Gasteiger partial charge in [-0.15, -0.1) is 0 Å². The van der Waals surface area contributed by atoms with E-state index in [0.29, 0.717) is 5.92 Å². The average molecular weight is 215 g/mol. The third-order valence-electron chi connectivity index (χ3n) is 3.19. The van der Waals surface area contributed by atoms with Gasteiger partial charge in [0.05, 0.1) is 0 Å². The van der Waals surface area contributed by atoms with E-state index in [-0.39, 0.29) is 6.61 Å². The molecule has 1 aromatic carbocycles. The zero-order valence-corrected chi connectivity index (χ0v) is 9.60. The van der Waals surface area contributed by atoms with Gasteiger partial charge < -0.3 is 5.11 Å². The van der Waals surface area contributed by atoms with Crippen molar-refractivity contribution in [3.05, 3.63) is 54.0 Å². The summed E-state index contributed by atoms with van der Waals surface area (Å²) in [5.41, 5.74) is 2.81. The van der Waals surface area contributed by atoms with Crippen molar-refractivity contribution in [2.75, 3.05) is 6.61 Å². The van der Waals surface area contributed by atoms with E-state index in [1.54, 1.807) is 0 Å². The lowest BCUT2D eigenvalue weighted by Gasteiger charge is -2.16. The summed E-state index contributed by atoms with van der Waals surface area (Å²) in [4.78, 5) is 0. The Hall–Kier alpha value is -1.08. The second kappa shape index (κ2) is 5.86. The van der Waals surface area contributed by atoms with Crippen molar-refractivity contribution < 1.29 is 5.11 Å². The van der Waals surface area contributed by atoms with Crippen LogP contribution in [-0.2, 0) is 12.8 Å². The van der Waals surface area contributed by atoms with Crippen LogP contribution in [0.3, 0.4) is 0 Å². The maximum absolute atomic E-state index is 9.35. The van der Waals surface area contributed by atoms with Crippen LogP contribution in [0.5, 0.6) is 0 Å². The minimum Gasteiger partial charge on any atom is -0.396 e. The molecule has 0 aromatic heterocycles. The molecule has 0 fully saturated rings. The highest BCUT2D eigenvalue weighted by Gasteiger charge is 2.10. The normalized spacial score (nSPS) is 23.4. The Balaban J connectivity index is 2.19. The first-order valence-corrected chi connectivity index (χ1v) is 6.04. The Kier molecular flexibility index (Phi) is 4.17. The Morgan fingerprint density at radius 1 is 1.12 bits per heavy atom. The van der Waals surface area contributed by atoms with E-state index in [2.05, 4.69) is 42.8 Å². The molecule has 0 saturated heterocycles. The maximum atomic E-state index is 9.35. The topological polar surface area (TPSA) is 20.2 Å². The summed E-state index contributed by atoms with van der Waals surface area (Å²) >= 11 is 0. The lowest BCUT2D eigenvalue weighted by molar-refractivity contribution is 0.226. The maximum Gasteiger partial charge on any atom is 0.0465 e. The Morgan fingerprint density at radius 3 is 2.75 bits per heavy atom. The van der Waals surface area contributed by atoms with Gasteiger partial charge in [0, 0.05) is 6.61 Å². The minimum atomic E-state index is 0.280. The second-order valence-corrected chi connectivity index (χ2v) is 4.46. The van der Waals surface area contributed by atoms with E-state index in [1.807, 2.05) is 0 Å². The summed E-state index contributed by atoms with van der Waals surface area (Å²) in [6, 6.07) is 8.58. The van der Waals surface area contributed by atoms with Crippen molar-refractivity contribution in [3.63, 3.8) is 0 Å². The molecule has 1 aliphatic rings. The van der Waals surface area contributed by atoms with Crippen LogP contribution >= 0.6 is 0 Å². The molecule has 0 aliphatic heterocycles. The van der Waals surface area contributed by atoms with Crippen LogP contribution in [0.2, 0.25) is 0 Å². The lowest BCUT2D eigenvalue weighted by atomic mass is 9.90. The summed E-state index contributed by atoms with van der Waals surface area (Å²) in [5.74, 6) is 0.371. The Labute approximate surface area is 97.8 Å². The smallest absolute Gasteiger partial charge is 0.0465 e. The van der Waals surface area contributed by atoms with E-state index in [9.17, 15) is 5.11 Å². The van der Waals surface area contributed by atoms with Crippen molar-refractivity contribution in [1.82, 2.24) is 0 Å². The highest BCUT2D eigenvalue weighted by atomic mass is 16.3. The van der Waals surface area contributed by atoms with Crippen molar-refractivity contribution in [2.24, 2.45) is 5.92 Å². The molecule has 16 heavy (non-hydrogen) atoms. The molecule has 1 N–H and O–H groups in total. The second-order valence-electron chi connectivity index (χ2n) is 4.46. The summed E-state index contributed by atoms with van der Waals surface area (Å²) in [6.45, 7) is 0.280. The Bertz CT molecular complexity index is 354. The highest BCUT2D eigenvalue weighted by molar-refractivity contribution is 5.29. The molecule has 1 aliphatic carbocycles. The van der Waals surface area contributed by atoms with Gasteiger partial charge in [-0.3, -0.25) is 0 Å². The van der Waals surface area contributed by atoms with Crippen molar-refractivity contribution in [3.8, 4) is 0 Å². The number of aliphatic hydroxyl groups is 1. The monoisotopic (exact) mass is 215 g/mol. The van der Waals surface area contributed by atoms with Gasteiger partial charge in [-0.05, 0) is 49.1 Å². The van der Waals surface area contributed by atoms with E-state index in [1.165, 1.54) is 11.1 Å². The molecule has 85 valence electrons. The molecule has 1 nitrogen and oxygen atoms in total. The Morgan fingerprint density at radius 2 is 1.94 bits per heavy atom. The SMILES string of the molecule is OCC1C/C=C\C[CH]Cc2ccccc2C1. The molecule has 0 amide bonds. The van der Waals surface area contributed by atoms with Crippen molar-refractivity contribution in [2.45, 2.75) is 25.7 Å². The van der Waals surface area contributed by atoms with Crippen LogP contribution in [-0.4, -0.2) is 11.7 Å². The van der Waals surface area contributed by atoms with Gasteiger partial charge in [-0.2, -0.15) is 0 Å². The largest absolute Gasteiger partial charge is 0.396 e. The predicted molar refractivity (Wildman–Crippen MR) is 67.1 cm³/mol. The molecule has 0 saturated carbocycles. The zero-order chi connectivity index (χ0) is 11.2. The molecule has 0 bridgehead atoms. The number of benzene rings is 1. The first-order chi connectivity index (χ1) is 7.90. The predicted octanol–water partition coefficient (Wildman–Crippen LogP) is 2.93. The summed E-state index contributed by atoms with van der Waals surface area (Å²) < 4.78 is 0. The van der Waals surface area contributed by atoms with Crippen LogP contribution in [0.15, 0.2) is 36.4 Å². The standard InChI is InChI=1S/C15H19O/c16-12-13-7-3-1-2-4-8-14-9-5-6-10-15(14)11-13/h1,3-6,9-10,13,16H,2,7-8,11-12H2/b3-1-. The molecule has 0 heterocycles. The quantitative estimate of drug-likeness (QED) is 0.714. The average Bonchev–Trinajstić information content (AvgIpc) is 2.34. The van der Waals surface area contributed by atoms with Gasteiger partial charge in [-0.1, -0.05) is 36.4 Å². The molecular weight excluding hydrogens is 196 g/mol. The van der Waals surface area contributed by atoms with E-state index < -0.39 is 0 Å². The number of aliphatic hydroxyl groups excluding tert-OH is 1. The number of rotatable bonds is 1. The van der Waals surface area contributed by atoms with Crippen LogP contribution in [0.1, 0.15) is 24.0 Å². The lowest BCUT2D eigenvalue weighted by Crippen LogP contribution is -2.11. The van der Waals surface area contributed by atoms with Crippen LogP contribution in [0.25, 0.3) is 0 Å². The minimum absolute atomic E-state index is 0.280. The van der Waals surface area contributed by atoms with Gasteiger partial charge in [0.25, 0.3) is 0 Å². The highest BCUT2D eigenvalue weighted by Crippen LogP contribution is 2.19. The molecule has 2 rings (SSSR count). The first-order valence-electron chi connectivity index (χ1n) is 6.04. The third-order valence-corrected chi connectivity index (χ3v) is 3.19. The van der Waals surface area contributed by atoms with Gasteiger partial charge >= 0.3 is 0 Å². The molecule has 0 spiro atoms. The van der Waals surface area contributed by atoms with Gasteiger partial charge in [0.2, 0.25) is 0 Å². The third kappa shape index (κ3) is 2.96. The summed E-state index contributed by atoms with van der Waals surface area (Å²) in [5, 5.41) is 9.35. The number of allylic oxidation sites excluding steroid dienone is 2. The van der Waals surface area contributed by atoms with Gasteiger partial charge in [0.1, 0.15) is 0 Å². The first kappa shape index (κ1) is 11.4. The van der Waals surface area contributed by atoms with Crippen molar-refractivity contribution >= 4 is 0 Å². The number of hydrogen-bond acceptors (Lipinski definition) is 1. The fourth-order valence-corrected chi connectivity index (χ4v) is 2.21. The number of fused-ring (bicyclic) bond motifs is 1. The number of hydrogen-bond donors (Lipinski definition) is 1. The van der Waals surface area contributed by atoms with E-state index in [4.69, 9.17) is 0 Å². The van der Waals surface area contributed by atoms with Crippen LogP contribution in [0, 0.1) is 12.3 Å². The van der Waals surface area contributed by atoms with Gasteiger partial charge in [-0.25, -0.2) is 0 Å². The van der Waals surface area contributed by atoms with E-state index >= 15 is 0 Å². The molecule has 1 radical (unpaired) electrons. The summed E-state index contributed by atoms with van der Waals surface area (Å²) in [6.07, 6.45) is 10.8. The fourth-order valence-electron chi connectivity index (χ4n) is 2.21. The molecule has 1 unspecified atom stereocenters.